The molecule has 0 spiro atoms. The number of aromatic nitrogens is 1. The van der Waals surface area contributed by atoms with Gasteiger partial charge in [-0.25, -0.2) is 0 Å². The van der Waals surface area contributed by atoms with Gasteiger partial charge in [0.15, 0.2) is 0 Å². The van der Waals surface area contributed by atoms with Crippen LogP contribution in [0.25, 0.3) is 10.9 Å². The molecule has 0 amide bonds. The summed E-state index contributed by atoms with van der Waals surface area (Å²) >= 11 is 5.98. The van der Waals surface area contributed by atoms with Gasteiger partial charge in [0.2, 0.25) is 0 Å². The minimum Gasteiger partial charge on any atom is -0.394 e. The van der Waals surface area contributed by atoms with Gasteiger partial charge in [-0.1, -0.05) is 30.5 Å². The van der Waals surface area contributed by atoms with Gasteiger partial charge in [0.1, 0.15) is 0 Å². The van der Waals surface area contributed by atoms with Gasteiger partial charge >= 0.3 is 0 Å². The highest BCUT2D eigenvalue weighted by atomic mass is 35.5. The van der Waals surface area contributed by atoms with Gasteiger partial charge in [-0.15, -0.1) is 0 Å². The molecule has 1 fully saturated rings. The van der Waals surface area contributed by atoms with E-state index in [4.69, 9.17) is 11.6 Å². The molecule has 0 bridgehead atoms. The van der Waals surface area contributed by atoms with Gasteiger partial charge in [0.05, 0.1) is 6.61 Å². The Balaban J connectivity index is 1.78. The quantitative estimate of drug-likeness (QED) is 0.804. The fourth-order valence-electron chi connectivity index (χ4n) is 3.03. The molecule has 1 aromatic carbocycles. The van der Waals surface area contributed by atoms with E-state index in [1.807, 2.05) is 24.4 Å². The largest absolute Gasteiger partial charge is 0.394 e. The second-order valence-corrected chi connectivity index (χ2v) is 5.94. The number of benzene rings is 1. The van der Waals surface area contributed by atoms with Gasteiger partial charge in [-0.2, -0.15) is 0 Å². The summed E-state index contributed by atoms with van der Waals surface area (Å²) in [6.07, 6.45) is 6.57. The standard InChI is InChI=1S/C15H19ClN2O/c16-12-3-4-13-11(8-17-14(13)7-12)9-18-15(10-19)5-1-2-6-15/h3-4,7-8,17-19H,1-2,5-6,9-10H2. The number of halogens is 1. The Morgan fingerprint density at radius 3 is 2.84 bits per heavy atom. The van der Waals surface area contributed by atoms with Crippen LogP contribution < -0.4 is 5.32 Å². The lowest BCUT2D eigenvalue weighted by Crippen LogP contribution is -2.45. The average molecular weight is 279 g/mol. The Morgan fingerprint density at radius 2 is 2.11 bits per heavy atom. The van der Waals surface area contributed by atoms with Crippen molar-refractivity contribution in [1.82, 2.24) is 10.3 Å². The smallest absolute Gasteiger partial charge is 0.0613 e. The van der Waals surface area contributed by atoms with Crippen LogP contribution in [0, 0.1) is 0 Å². The molecule has 4 heteroatoms. The van der Waals surface area contributed by atoms with E-state index in [0.29, 0.717) is 0 Å². The summed E-state index contributed by atoms with van der Waals surface area (Å²) in [5, 5.41) is 15.1. The summed E-state index contributed by atoms with van der Waals surface area (Å²) < 4.78 is 0. The van der Waals surface area contributed by atoms with Crippen molar-refractivity contribution in [2.45, 2.75) is 37.8 Å². The molecule has 0 saturated heterocycles. The van der Waals surface area contributed by atoms with E-state index < -0.39 is 0 Å². The van der Waals surface area contributed by atoms with Crippen LogP contribution in [0.1, 0.15) is 31.2 Å². The van der Waals surface area contributed by atoms with Crippen LogP contribution in [0.3, 0.4) is 0 Å². The normalized spacial score (nSPS) is 18.2. The van der Waals surface area contributed by atoms with Crippen molar-refractivity contribution in [3.63, 3.8) is 0 Å². The Bertz CT molecular complexity index is 573. The number of aliphatic hydroxyl groups excluding tert-OH is 1. The molecule has 1 saturated carbocycles. The van der Waals surface area contributed by atoms with Crippen molar-refractivity contribution in [1.29, 1.82) is 0 Å². The Kier molecular flexibility index (Phi) is 3.52. The molecular formula is C15H19ClN2O. The van der Waals surface area contributed by atoms with Crippen molar-refractivity contribution < 1.29 is 5.11 Å². The number of nitrogens with one attached hydrogen (secondary N) is 2. The van der Waals surface area contributed by atoms with Crippen LogP contribution in [0.15, 0.2) is 24.4 Å². The molecule has 1 aromatic heterocycles. The number of aromatic amines is 1. The topological polar surface area (TPSA) is 48.0 Å². The van der Waals surface area contributed by atoms with E-state index >= 15 is 0 Å². The summed E-state index contributed by atoms with van der Waals surface area (Å²) in [6, 6.07) is 5.90. The minimum absolute atomic E-state index is 0.0734. The zero-order valence-corrected chi connectivity index (χ0v) is 11.6. The van der Waals surface area contributed by atoms with E-state index in [2.05, 4.69) is 10.3 Å². The molecule has 0 unspecified atom stereocenters. The van der Waals surface area contributed by atoms with Gasteiger partial charge < -0.3 is 15.4 Å². The van der Waals surface area contributed by atoms with Crippen molar-refractivity contribution >= 4 is 22.5 Å². The van der Waals surface area contributed by atoms with Crippen molar-refractivity contribution in [2.75, 3.05) is 6.61 Å². The molecule has 3 rings (SSSR count). The molecule has 102 valence electrons. The van der Waals surface area contributed by atoms with Crippen molar-refractivity contribution in [2.24, 2.45) is 0 Å². The molecule has 1 aliphatic carbocycles. The molecule has 1 aliphatic rings. The Hall–Kier alpha value is -1.03. The molecule has 0 atom stereocenters. The first-order valence-corrected chi connectivity index (χ1v) is 7.22. The summed E-state index contributed by atoms with van der Waals surface area (Å²) in [7, 11) is 0. The maximum Gasteiger partial charge on any atom is 0.0613 e. The minimum atomic E-state index is -0.0734. The Labute approximate surface area is 118 Å². The number of rotatable bonds is 4. The molecule has 0 aliphatic heterocycles. The first kappa shape index (κ1) is 13.0. The van der Waals surface area contributed by atoms with Crippen LogP contribution in [0.5, 0.6) is 0 Å². The fourth-order valence-corrected chi connectivity index (χ4v) is 3.20. The van der Waals surface area contributed by atoms with Gasteiger partial charge in [0, 0.05) is 34.2 Å². The van der Waals surface area contributed by atoms with E-state index in [9.17, 15) is 5.11 Å². The first-order chi connectivity index (χ1) is 9.22. The van der Waals surface area contributed by atoms with Crippen LogP contribution >= 0.6 is 11.6 Å². The third-order valence-corrected chi connectivity index (χ3v) is 4.48. The zero-order chi connectivity index (χ0) is 13.3. The average Bonchev–Trinajstić information content (AvgIpc) is 3.03. The zero-order valence-electron chi connectivity index (χ0n) is 10.9. The summed E-state index contributed by atoms with van der Waals surface area (Å²) in [6.45, 7) is 1.00. The fraction of sp³-hybridized carbons (Fsp3) is 0.467. The first-order valence-electron chi connectivity index (χ1n) is 6.84. The number of fused-ring (bicyclic) bond motifs is 1. The van der Waals surface area contributed by atoms with E-state index in [-0.39, 0.29) is 12.1 Å². The third-order valence-electron chi connectivity index (χ3n) is 4.25. The van der Waals surface area contributed by atoms with Crippen LogP contribution in [0.4, 0.5) is 0 Å². The highest BCUT2D eigenvalue weighted by Gasteiger charge is 2.32. The lowest BCUT2D eigenvalue weighted by atomic mass is 9.98. The van der Waals surface area contributed by atoms with Crippen molar-refractivity contribution in [3.05, 3.63) is 35.0 Å². The lowest BCUT2D eigenvalue weighted by molar-refractivity contribution is 0.163. The van der Waals surface area contributed by atoms with Crippen LogP contribution in [-0.2, 0) is 6.54 Å². The SMILES string of the molecule is OCC1(NCc2c[nH]c3cc(Cl)ccc23)CCCC1. The maximum atomic E-state index is 9.61. The predicted octanol–water partition coefficient (Wildman–Crippen LogP) is 3.22. The van der Waals surface area contributed by atoms with E-state index in [0.717, 1.165) is 29.9 Å². The monoisotopic (exact) mass is 278 g/mol. The van der Waals surface area contributed by atoms with Crippen LogP contribution in [0.2, 0.25) is 5.02 Å². The number of H-pyrrole nitrogens is 1. The van der Waals surface area contributed by atoms with E-state index in [1.165, 1.54) is 23.8 Å². The lowest BCUT2D eigenvalue weighted by Gasteiger charge is -2.28. The maximum absolute atomic E-state index is 9.61. The van der Waals surface area contributed by atoms with Crippen molar-refractivity contribution in [3.8, 4) is 0 Å². The molecule has 2 aromatic rings. The second kappa shape index (κ2) is 5.16. The summed E-state index contributed by atoms with van der Waals surface area (Å²) in [4.78, 5) is 3.25. The number of hydrogen-bond donors (Lipinski definition) is 3. The highest BCUT2D eigenvalue weighted by Crippen LogP contribution is 2.30. The number of hydrogen-bond acceptors (Lipinski definition) is 2. The molecule has 19 heavy (non-hydrogen) atoms. The number of aliphatic hydroxyl groups is 1. The third kappa shape index (κ3) is 2.50. The van der Waals surface area contributed by atoms with Gasteiger partial charge in [-0.05, 0) is 30.5 Å². The van der Waals surface area contributed by atoms with Crippen LogP contribution in [-0.4, -0.2) is 22.2 Å². The van der Waals surface area contributed by atoms with E-state index in [1.54, 1.807) is 0 Å². The molecule has 3 nitrogen and oxygen atoms in total. The molecule has 0 radical (unpaired) electrons. The second-order valence-electron chi connectivity index (χ2n) is 5.50. The highest BCUT2D eigenvalue weighted by molar-refractivity contribution is 6.31. The predicted molar refractivity (Wildman–Crippen MR) is 78.4 cm³/mol. The summed E-state index contributed by atoms with van der Waals surface area (Å²) in [5.41, 5.74) is 2.22. The molecular weight excluding hydrogens is 260 g/mol. The Morgan fingerprint density at radius 1 is 1.32 bits per heavy atom. The molecule has 1 heterocycles. The summed E-state index contributed by atoms with van der Waals surface area (Å²) in [5.74, 6) is 0. The van der Waals surface area contributed by atoms with Gasteiger partial charge in [-0.3, -0.25) is 0 Å². The molecule has 3 N–H and O–H groups in total. The van der Waals surface area contributed by atoms with Gasteiger partial charge in [0.25, 0.3) is 0 Å².